The van der Waals surface area contributed by atoms with Crippen molar-refractivity contribution in [2.45, 2.75) is 18.8 Å². The first kappa shape index (κ1) is 30.8. The van der Waals surface area contributed by atoms with Crippen LogP contribution in [0.15, 0.2) is 83.7 Å². The zero-order chi connectivity index (χ0) is 32.7. The second-order valence-electron chi connectivity index (χ2n) is 10.9. The van der Waals surface area contributed by atoms with E-state index < -0.39 is 60.7 Å². The predicted octanol–water partition coefficient (Wildman–Crippen LogP) is 5.68. The maximum absolute atomic E-state index is 16.0. The van der Waals surface area contributed by atoms with Crippen molar-refractivity contribution in [2.24, 2.45) is 0 Å². The van der Waals surface area contributed by atoms with Crippen molar-refractivity contribution >= 4 is 36.7 Å². The van der Waals surface area contributed by atoms with Gasteiger partial charge in [-0.15, -0.1) is 0 Å². The molecule has 0 bridgehead atoms. The number of ketones is 1. The van der Waals surface area contributed by atoms with Crippen molar-refractivity contribution in [2.75, 3.05) is 31.6 Å². The standard InChI is InChI=1S/C33H25BF4N2O6/c1-45-30-27-22(18-8-3-2-4-9-18)14-24(33(44)46-34(37)38)29(41)23(27)15-25(35)28(30)39-13-7-10-19(16-39)26(36)17-40-31(42)20-11-5-6-12-21(20)32(40)43/h2-6,8-9,11-12,14-15,22H,7,10,13,16-17H2,1H3/b26-19+. The molecule has 2 aliphatic heterocycles. The van der Waals surface area contributed by atoms with Crippen molar-refractivity contribution in [1.82, 2.24) is 4.90 Å². The van der Waals surface area contributed by atoms with Crippen LogP contribution in [0, 0.1) is 5.82 Å². The molecule has 1 atom stereocenters. The maximum atomic E-state index is 16.0. The molecule has 46 heavy (non-hydrogen) atoms. The van der Waals surface area contributed by atoms with Gasteiger partial charge in [0.25, 0.3) is 11.8 Å². The molecule has 0 spiro atoms. The van der Waals surface area contributed by atoms with Crippen molar-refractivity contribution in [3.8, 4) is 5.75 Å². The highest BCUT2D eigenvalue weighted by molar-refractivity contribution is 6.40. The fourth-order valence-electron chi connectivity index (χ4n) is 6.25. The van der Waals surface area contributed by atoms with Crippen LogP contribution >= 0.6 is 0 Å². The largest absolute Gasteiger partial charge is 0.798 e. The number of Topliss-reactive ketones (excluding diaryl/α,β-unsaturated/α-hetero) is 1. The highest BCUT2D eigenvalue weighted by Gasteiger charge is 2.40. The highest BCUT2D eigenvalue weighted by Crippen LogP contribution is 2.47. The molecule has 1 aliphatic carbocycles. The van der Waals surface area contributed by atoms with Gasteiger partial charge in [-0.3, -0.25) is 19.3 Å². The normalized spacial score (nSPS) is 18.6. The van der Waals surface area contributed by atoms with E-state index in [1.807, 2.05) is 0 Å². The van der Waals surface area contributed by atoms with Gasteiger partial charge in [0.05, 0.1) is 24.8 Å². The van der Waals surface area contributed by atoms with Gasteiger partial charge in [0.15, 0.2) is 5.82 Å². The monoisotopic (exact) mass is 632 g/mol. The number of ether oxygens (including phenoxy) is 1. The number of nitrogens with zero attached hydrogens (tertiary/aromatic N) is 2. The number of carbonyl (C=O) groups excluding carboxylic acids is 4. The molecular weight excluding hydrogens is 607 g/mol. The predicted molar refractivity (Wildman–Crippen MR) is 159 cm³/mol. The fourth-order valence-corrected chi connectivity index (χ4v) is 6.25. The number of carbonyl (C=O) groups is 4. The summed E-state index contributed by atoms with van der Waals surface area (Å²) in [7, 11) is -2.19. The Labute approximate surface area is 261 Å². The van der Waals surface area contributed by atoms with E-state index in [0.717, 1.165) is 11.0 Å². The number of rotatable bonds is 7. The van der Waals surface area contributed by atoms with Gasteiger partial charge in [0.2, 0.25) is 5.78 Å². The lowest BCUT2D eigenvalue weighted by Gasteiger charge is -2.35. The molecule has 8 nitrogen and oxygen atoms in total. The molecule has 3 aliphatic rings. The summed E-state index contributed by atoms with van der Waals surface area (Å²) < 4.78 is 67.2. The second kappa shape index (κ2) is 12.3. The summed E-state index contributed by atoms with van der Waals surface area (Å²) in [5.74, 6) is -6.32. The van der Waals surface area contributed by atoms with Gasteiger partial charge in [-0.25, -0.2) is 22.2 Å². The minimum absolute atomic E-state index is 0.0447. The summed E-state index contributed by atoms with van der Waals surface area (Å²) >= 11 is 0. The van der Waals surface area contributed by atoms with Gasteiger partial charge in [0.1, 0.15) is 22.8 Å². The lowest BCUT2D eigenvalue weighted by atomic mass is 9.78. The third-order valence-electron chi connectivity index (χ3n) is 8.32. The SMILES string of the molecule is COc1c2c(cc(F)c1N1CCC/C(=C(\F)CN3C(=O)c4ccccc4C3=O)C1)C(=O)C(C(=O)OB(F)F)=CC2c1ccccc1. The molecule has 1 saturated heterocycles. The topological polar surface area (TPSA) is 93.2 Å². The summed E-state index contributed by atoms with van der Waals surface area (Å²) in [5.41, 5.74) is 0.404. The van der Waals surface area contributed by atoms with Crippen LogP contribution in [-0.4, -0.2) is 62.7 Å². The molecule has 2 heterocycles. The average molecular weight is 632 g/mol. The van der Waals surface area contributed by atoms with Gasteiger partial charge in [0, 0.05) is 30.1 Å². The number of fused-ring (bicyclic) bond motifs is 2. The van der Waals surface area contributed by atoms with Crippen molar-refractivity contribution in [3.05, 3.63) is 117 Å². The molecule has 13 heteroatoms. The highest BCUT2D eigenvalue weighted by atomic mass is 19.2. The third kappa shape index (κ3) is 5.35. The lowest BCUT2D eigenvalue weighted by molar-refractivity contribution is -0.131. The molecule has 0 N–H and O–H groups in total. The molecular formula is C33H25BF4N2O6. The summed E-state index contributed by atoms with van der Waals surface area (Å²) in [6.07, 6.45) is 1.89. The Bertz CT molecular complexity index is 1810. The zero-order valence-electron chi connectivity index (χ0n) is 24.4. The van der Waals surface area contributed by atoms with Crippen LogP contribution in [0.25, 0.3) is 0 Å². The first-order valence-corrected chi connectivity index (χ1v) is 14.4. The minimum Gasteiger partial charge on any atom is -0.494 e. The van der Waals surface area contributed by atoms with E-state index >= 15 is 8.78 Å². The van der Waals surface area contributed by atoms with Gasteiger partial charge < -0.3 is 14.3 Å². The molecule has 3 aromatic carbocycles. The summed E-state index contributed by atoms with van der Waals surface area (Å²) in [4.78, 5) is 53.9. The van der Waals surface area contributed by atoms with Crippen LogP contribution in [0.5, 0.6) is 5.75 Å². The van der Waals surface area contributed by atoms with E-state index in [-0.39, 0.29) is 52.4 Å². The Morgan fingerprint density at radius 3 is 2.26 bits per heavy atom. The average Bonchev–Trinajstić information content (AvgIpc) is 3.29. The van der Waals surface area contributed by atoms with Crippen LogP contribution in [0.2, 0.25) is 0 Å². The second-order valence-corrected chi connectivity index (χ2v) is 10.9. The molecule has 0 aromatic heterocycles. The van der Waals surface area contributed by atoms with Crippen LogP contribution in [0.3, 0.4) is 0 Å². The molecule has 1 unspecified atom stereocenters. The smallest absolute Gasteiger partial charge is 0.494 e. The third-order valence-corrected chi connectivity index (χ3v) is 8.32. The Morgan fingerprint density at radius 1 is 0.978 bits per heavy atom. The molecule has 6 rings (SSSR count). The van der Waals surface area contributed by atoms with Gasteiger partial charge in [-0.2, -0.15) is 0 Å². The van der Waals surface area contributed by atoms with Crippen molar-refractivity contribution in [1.29, 1.82) is 0 Å². The van der Waals surface area contributed by atoms with Crippen molar-refractivity contribution < 1.29 is 46.0 Å². The number of hydrogen-bond donors (Lipinski definition) is 0. The Morgan fingerprint density at radius 2 is 1.63 bits per heavy atom. The Balaban J connectivity index is 1.38. The van der Waals surface area contributed by atoms with E-state index in [1.165, 1.54) is 25.3 Å². The first-order chi connectivity index (χ1) is 22.1. The van der Waals surface area contributed by atoms with Crippen LogP contribution < -0.4 is 9.64 Å². The maximum Gasteiger partial charge on any atom is 0.798 e. The Kier molecular flexibility index (Phi) is 8.24. The number of piperidine rings is 1. The first-order valence-electron chi connectivity index (χ1n) is 14.4. The number of hydrogen-bond acceptors (Lipinski definition) is 7. The van der Waals surface area contributed by atoms with Crippen LogP contribution in [0.1, 0.15) is 61.0 Å². The van der Waals surface area contributed by atoms with E-state index in [9.17, 15) is 27.8 Å². The number of imide groups is 1. The van der Waals surface area contributed by atoms with Crippen LogP contribution in [-0.2, 0) is 9.45 Å². The molecule has 0 radical (unpaired) electrons. The summed E-state index contributed by atoms with van der Waals surface area (Å²) in [6.45, 7) is -0.402. The van der Waals surface area contributed by atoms with Gasteiger partial charge in [-0.05, 0) is 42.2 Å². The fraction of sp³-hybridized carbons (Fsp3) is 0.212. The number of benzene rings is 3. The molecule has 0 saturated carbocycles. The molecule has 2 amide bonds. The van der Waals surface area contributed by atoms with Crippen LogP contribution in [0.4, 0.5) is 23.1 Å². The van der Waals surface area contributed by atoms with Gasteiger partial charge in [-0.1, -0.05) is 48.5 Å². The van der Waals surface area contributed by atoms with E-state index in [1.54, 1.807) is 47.4 Å². The quantitative estimate of drug-likeness (QED) is 0.143. The molecule has 1 fully saturated rings. The van der Waals surface area contributed by atoms with E-state index in [4.69, 9.17) is 4.74 Å². The summed E-state index contributed by atoms with van der Waals surface area (Å²) in [6, 6.07) is 15.7. The van der Waals surface area contributed by atoms with E-state index in [0.29, 0.717) is 18.4 Å². The van der Waals surface area contributed by atoms with E-state index in [2.05, 4.69) is 4.65 Å². The molecule has 234 valence electrons. The lowest BCUT2D eigenvalue weighted by Crippen LogP contribution is -2.35. The van der Waals surface area contributed by atoms with Gasteiger partial charge >= 0.3 is 13.4 Å². The molecule has 3 aromatic rings. The number of anilines is 1. The zero-order valence-corrected chi connectivity index (χ0v) is 24.4. The summed E-state index contributed by atoms with van der Waals surface area (Å²) in [5, 5.41) is 0. The number of halogens is 4. The van der Waals surface area contributed by atoms with Crippen molar-refractivity contribution in [3.63, 3.8) is 0 Å². The Hall–Kier alpha value is -5.20. The number of amides is 2. The number of methoxy groups -OCH3 is 1. The minimum atomic E-state index is -3.47. The number of allylic oxidation sites excluding steroid dienone is 1.